The maximum atomic E-state index is 14.2. The van der Waals surface area contributed by atoms with E-state index < -0.39 is 0 Å². The number of aromatic nitrogens is 5. The first-order chi connectivity index (χ1) is 10.7. The molecule has 7 heteroatoms. The third-order valence-corrected chi connectivity index (χ3v) is 3.63. The number of benzene rings is 1. The van der Waals surface area contributed by atoms with Gasteiger partial charge in [-0.3, -0.25) is 4.98 Å². The maximum Gasteiger partial charge on any atom is 0.180 e. The monoisotopic (exact) mass is 313 g/mol. The van der Waals surface area contributed by atoms with Gasteiger partial charge in [0, 0.05) is 23.2 Å². The van der Waals surface area contributed by atoms with Gasteiger partial charge in [0.15, 0.2) is 5.65 Å². The maximum absolute atomic E-state index is 14.2. The molecular formula is C15H9ClFN5. The molecule has 108 valence electrons. The van der Waals surface area contributed by atoms with Gasteiger partial charge in [-0.2, -0.15) is 0 Å². The van der Waals surface area contributed by atoms with Gasteiger partial charge < -0.3 is 0 Å². The number of hydrogen-bond donors (Lipinski definition) is 0. The molecule has 0 aliphatic carbocycles. The van der Waals surface area contributed by atoms with E-state index in [1.165, 1.54) is 10.7 Å². The molecule has 4 rings (SSSR count). The van der Waals surface area contributed by atoms with Crippen LogP contribution in [-0.2, 0) is 6.54 Å². The van der Waals surface area contributed by atoms with Crippen molar-refractivity contribution < 1.29 is 4.39 Å². The Morgan fingerprint density at radius 3 is 2.95 bits per heavy atom. The Kier molecular flexibility index (Phi) is 2.97. The Labute approximate surface area is 129 Å². The molecule has 1 aromatic carbocycles. The molecule has 0 amide bonds. The number of fused-ring (bicyclic) bond motifs is 2. The van der Waals surface area contributed by atoms with E-state index in [1.807, 2.05) is 12.1 Å². The zero-order valence-corrected chi connectivity index (χ0v) is 12.0. The van der Waals surface area contributed by atoms with Crippen molar-refractivity contribution in [2.45, 2.75) is 6.54 Å². The number of hydrogen-bond acceptors (Lipinski definition) is 4. The van der Waals surface area contributed by atoms with Gasteiger partial charge in [0.25, 0.3) is 0 Å². The molecule has 0 aliphatic rings. The highest BCUT2D eigenvalue weighted by Crippen LogP contribution is 2.20. The van der Waals surface area contributed by atoms with Gasteiger partial charge in [0.2, 0.25) is 0 Å². The minimum absolute atomic E-state index is 0.223. The Balaban J connectivity index is 1.82. The van der Waals surface area contributed by atoms with E-state index >= 15 is 0 Å². The largest absolute Gasteiger partial charge is 0.256 e. The van der Waals surface area contributed by atoms with E-state index in [9.17, 15) is 4.39 Å². The molecule has 0 saturated carbocycles. The lowest BCUT2D eigenvalue weighted by Crippen LogP contribution is -2.05. The summed E-state index contributed by atoms with van der Waals surface area (Å²) in [5, 5.41) is 9.24. The van der Waals surface area contributed by atoms with Gasteiger partial charge in [0.1, 0.15) is 16.5 Å². The van der Waals surface area contributed by atoms with Crippen LogP contribution >= 0.6 is 11.6 Å². The van der Waals surface area contributed by atoms with Crippen LogP contribution in [0.25, 0.3) is 22.1 Å². The average molecular weight is 314 g/mol. The van der Waals surface area contributed by atoms with Crippen LogP contribution in [0.5, 0.6) is 0 Å². The third kappa shape index (κ3) is 2.17. The lowest BCUT2D eigenvalue weighted by Gasteiger charge is -2.06. The van der Waals surface area contributed by atoms with Gasteiger partial charge in [-0.1, -0.05) is 22.9 Å². The Morgan fingerprint density at radius 2 is 2.05 bits per heavy atom. The fourth-order valence-corrected chi connectivity index (χ4v) is 2.50. The molecule has 0 bridgehead atoms. The first kappa shape index (κ1) is 13.1. The lowest BCUT2D eigenvalue weighted by atomic mass is 10.1. The number of rotatable bonds is 2. The van der Waals surface area contributed by atoms with Crippen LogP contribution in [0.2, 0.25) is 5.15 Å². The molecule has 4 aromatic rings. The van der Waals surface area contributed by atoms with E-state index in [0.717, 1.165) is 5.39 Å². The third-order valence-electron chi connectivity index (χ3n) is 3.42. The standard InChI is InChI=1S/C15H9ClFN5/c16-14-4-3-12-15(19-14)22(21-20-12)8-10-6-9-2-1-5-18-13(9)7-11(10)17/h1-7H,8H2. The highest BCUT2D eigenvalue weighted by atomic mass is 35.5. The van der Waals surface area contributed by atoms with E-state index in [0.29, 0.717) is 27.4 Å². The quantitative estimate of drug-likeness (QED) is 0.533. The predicted octanol–water partition coefficient (Wildman–Crippen LogP) is 3.22. The minimum atomic E-state index is -0.336. The molecule has 3 heterocycles. The van der Waals surface area contributed by atoms with Crippen LogP contribution in [0.3, 0.4) is 0 Å². The summed E-state index contributed by atoms with van der Waals surface area (Å²) in [6.07, 6.45) is 1.64. The van der Waals surface area contributed by atoms with E-state index in [4.69, 9.17) is 11.6 Å². The fraction of sp³-hybridized carbons (Fsp3) is 0.0667. The van der Waals surface area contributed by atoms with Crippen LogP contribution in [-0.4, -0.2) is 25.0 Å². The summed E-state index contributed by atoms with van der Waals surface area (Å²) in [5.41, 5.74) is 2.26. The van der Waals surface area contributed by atoms with Crippen LogP contribution < -0.4 is 0 Å². The van der Waals surface area contributed by atoms with E-state index in [1.54, 1.807) is 24.4 Å². The Morgan fingerprint density at radius 1 is 1.14 bits per heavy atom. The molecule has 0 saturated heterocycles. The SMILES string of the molecule is Fc1cc2ncccc2cc1Cn1nnc2ccc(Cl)nc21. The highest BCUT2D eigenvalue weighted by molar-refractivity contribution is 6.29. The highest BCUT2D eigenvalue weighted by Gasteiger charge is 2.11. The van der Waals surface area contributed by atoms with Crippen molar-refractivity contribution in [2.24, 2.45) is 0 Å². The zero-order valence-electron chi connectivity index (χ0n) is 11.2. The van der Waals surface area contributed by atoms with Crippen molar-refractivity contribution >= 4 is 33.7 Å². The van der Waals surface area contributed by atoms with Crippen molar-refractivity contribution in [3.05, 3.63) is 59.1 Å². The zero-order chi connectivity index (χ0) is 15.1. The first-order valence-electron chi connectivity index (χ1n) is 6.59. The molecule has 0 fully saturated rings. The summed E-state index contributed by atoms with van der Waals surface area (Å²) in [5.74, 6) is -0.336. The van der Waals surface area contributed by atoms with Gasteiger partial charge in [-0.25, -0.2) is 14.1 Å². The molecule has 0 aliphatic heterocycles. The number of nitrogens with zero attached hydrogens (tertiary/aromatic N) is 5. The fourth-order valence-electron chi connectivity index (χ4n) is 2.36. The van der Waals surface area contributed by atoms with Gasteiger partial charge in [-0.15, -0.1) is 5.10 Å². The number of halogens is 2. The predicted molar refractivity (Wildman–Crippen MR) is 81.1 cm³/mol. The molecule has 0 unspecified atom stereocenters. The number of pyridine rings is 2. The molecule has 0 atom stereocenters. The van der Waals surface area contributed by atoms with Gasteiger partial charge in [0.05, 0.1) is 12.1 Å². The van der Waals surface area contributed by atoms with Crippen molar-refractivity contribution in [3.8, 4) is 0 Å². The summed E-state index contributed by atoms with van der Waals surface area (Å²) in [6.45, 7) is 0.223. The molecule has 0 spiro atoms. The summed E-state index contributed by atoms with van der Waals surface area (Å²) in [4.78, 5) is 8.33. The molecule has 3 aromatic heterocycles. The van der Waals surface area contributed by atoms with Crippen molar-refractivity contribution in [3.63, 3.8) is 0 Å². The molecule has 0 radical (unpaired) electrons. The smallest absolute Gasteiger partial charge is 0.180 e. The first-order valence-corrected chi connectivity index (χ1v) is 6.97. The molecular weight excluding hydrogens is 305 g/mol. The minimum Gasteiger partial charge on any atom is -0.256 e. The van der Waals surface area contributed by atoms with Crippen molar-refractivity contribution in [1.82, 2.24) is 25.0 Å². The van der Waals surface area contributed by atoms with Gasteiger partial charge in [-0.05, 0) is 24.3 Å². The van der Waals surface area contributed by atoms with Gasteiger partial charge >= 0.3 is 0 Å². The molecule has 22 heavy (non-hydrogen) atoms. The topological polar surface area (TPSA) is 56.5 Å². The molecule has 5 nitrogen and oxygen atoms in total. The second kappa shape index (κ2) is 4.99. The van der Waals surface area contributed by atoms with Crippen LogP contribution in [0.4, 0.5) is 4.39 Å². The lowest BCUT2D eigenvalue weighted by molar-refractivity contribution is 0.583. The molecule has 0 N–H and O–H groups in total. The normalized spacial score (nSPS) is 11.4. The summed E-state index contributed by atoms with van der Waals surface area (Å²) >= 11 is 5.90. The second-order valence-electron chi connectivity index (χ2n) is 4.86. The van der Waals surface area contributed by atoms with E-state index in [-0.39, 0.29) is 12.4 Å². The second-order valence-corrected chi connectivity index (χ2v) is 5.25. The van der Waals surface area contributed by atoms with Crippen molar-refractivity contribution in [2.75, 3.05) is 0 Å². The Bertz CT molecular complexity index is 998. The van der Waals surface area contributed by atoms with Crippen LogP contribution in [0, 0.1) is 5.82 Å². The van der Waals surface area contributed by atoms with Crippen molar-refractivity contribution in [1.29, 1.82) is 0 Å². The van der Waals surface area contributed by atoms with E-state index in [2.05, 4.69) is 20.3 Å². The summed E-state index contributed by atoms with van der Waals surface area (Å²) in [6, 6.07) is 10.3. The summed E-state index contributed by atoms with van der Waals surface area (Å²) < 4.78 is 15.8. The van der Waals surface area contributed by atoms with Crippen LogP contribution in [0.15, 0.2) is 42.6 Å². The average Bonchev–Trinajstić information content (AvgIpc) is 2.90. The van der Waals surface area contributed by atoms with Crippen LogP contribution in [0.1, 0.15) is 5.56 Å². The summed E-state index contributed by atoms with van der Waals surface area (Å²) in [7, 11) is 0. The Hall–Kier alpha value is -2.60.